The zero-order valence-corrected chi connectivity index (χ0v) is 16.9. The Morgan fingerprint density at radius 2 is 1.70 bits per heavy atom. The maximum Gasteiger partial charge on any atom is 0.249 e. The number of hydrogen-bond donors (Lipinski definition) is 2. The lowest BCUT2D eigenvalue weighted by atomic mass is 10.1. The number of rotatable bonds is 4. The molecule has 8 heteroatoms. The molecule has 0 radical (unpaired) electrons. The summed E-state index contributed by atoms with van der Waals surface area (Å²) < 4.78 is 5.27. The van der Waals surface area contributed by atoms with Crippen LogP contribution in [0.15, 0.2) is 59.6 Å². The SMILES string of the molecule is COc1ccccc1NC(=O)[C@@H]1CC(=O)NC(N2CCN(c3ccccc3)CC2)=N1. The van der Waals surface area contributed by atoms with Crippen molar-refractivity contribution in [2.75, 3.05) is 43.5 Å². The Labute approximate surface area is 175 Å². The van der Waals surface area contributed by atoms with E-state index >= 15 is 0 Å². The average molecular weight is 407 g/mol. The number of piperazine rings is 1. The molecule has 2 aromatic carbocycles. The molecule has 0 spiro atoms. The van der Waals surface area contributed by atoms with E-state index in [1.54, 1.807) is 19.2 Å². The topological polar surface area (TPSA) is 86.3 Å². The minimum absolute atomic E-state index is 0.0223. The molecule has 2 aliphatic heterocycles. The Balaban J connectivity index is 1.42. The Bertz CT molecular complexity index is 939. The number of carbonyl (C=O) groups excluding carboxylic acids is 2. The van der Waals surface area contributed by atoms with Crippen LogP contribution in [-0.2, 0) is 9.59 Å². The third-order valence-electron chi connectivity index (χ3n) is 5.28. The van der Waals surface area contributed by atoms with Crippen LogP contribution >= 0.6 is 0 Å². The van der Waals surface area contributed by atoms with Crippen molar-refractivity contribution in [1.29, 1.82) is 0 Å². The summed E-state index contributed by atoms with van der Waals surface area (Å²) in [5.74, 6) is 0.506. The number of benzene rings is 2. The first-order valence-corrected chi connectivity index (χ1v) is 10.0. The second-order valence-corrected chi connectivity index (χ2v) is 7.22. The Morgan fingerprint density at radius 3 is 2.43 bits per heavy atom. The maximum atomic E-state index is 12.8. The summed E-state index contributed by atoms with van der Waals surface area (Å²) in [6.45, 7) is 3.07. The molecule has 30 heavy (non-hydrogen) atoms. The minimum Gasteiger partial charge on any atom is -0.495 e. The fourth-order valence-electron chi connectivity index (χ4n) is 3.67. The lowest BCUT2D eigenvalue weighted by Crippen LogP contribution is -2.56. The van der Waals surface area contributed by atoms with Crippen LogP contribution < -0.4 is 20.3 Å². The Morgan fingerprint density at radius 1 is 1.03 bits per heavy atom. The number of amides is 2. The second kappa shape index (κ2) is 8.86. The van der Waals surface area contributed by atoms with E-state index in [9.17, 15) is 9.59 Å². The zero-order chi connectivity index (χ0) is 20.9. The standard InChI is InChI=1S/C22H25N5O3/c1-30-19-10-6-5-9-17(19)23-21(29)18-15-20(28)25-22(24-18)27-13-11-26(12-14-27)16-7-3-2-4-8-16/h2-10,18H,11-15H2,1H3,(H,23,29)(H,24,25,28)/t18-/m0/s1. The molecule has 156 valence electrons. The van der Waals surface area contributed by atoms with E-state index in [1.165, 1.54) is 5.69 Å². The van der Waals surface area contributed by atoms with Gasteiger partial charge in [-0.05, 0) is 24.3 Å². The quantitative estimate of drug-likeness (QED) is 0.806. The zero-order valence-electron chi connectivity index (χ0n) is 16.9. The smallest absolute Gasteiger partial charge is 0.249 e. The van der Waals surface area contributed by atoms with E-state index in [0.717, 1.165) is 26.2 Å². The third-order valence-corrected chi connectivity index (χ3v) is 5.28. The highest BCUT2D eigenvalue weighted by Gasteiger charge is 2.31. The van der Waals surface area contributed by atoms with Gasteiger partial charge in [0.1, 0.15) is 11.8 Å². The van der Waals surface area contributed by atoms with Crippen LogP contribution in [0.4, 0.5) is 11.4 Å². The predicted molar refractivity (Wildman–Crippen MR) is 116 cm³/mol. The molecule has 2 heterocycles. The summed E-state index contributed by atoms with van der Waals surface area (Å²) in [5, 5.41) is 5.65. The lowest BCUT2D eigenvalue weighted by Gasteiger charge is -2.38. The van der Waals surface area contributed by atoms with Crippen molar-refractivity contribution in [3.05, 3.63) is 54.6 Å². The number of nitrogens with one attached hydrogen (secondary N) is 2. The molecule has 2 N–H and O–H groups in total. The summed E-state index contributed by atoms with van der Waals surface area (Å²) >= 11 is 0. The summed E-state index contributed by atoms with van der Waals surface area (Å²) in [7, 11) is 1.55. The number of methoxy groups -OCH3 is 1. The van der Waals surface area contributed by atoms with Crippen molar-refractivity contribution in [3.8, 4) is 5.75 Å². The third kappa shape index (κ3) is 4.37. The van der Waals surface area contributed by atoms with Crippen LogP contribution in [0, 0.1) is 0 Å². The minimum atomic E-state index is -0.772. The van der Waals surface area contributed by atoms with Gasteiger partial charge in [-0.1, -0.05) is 30.3 Å². The number of para-hydroxylation sites is 3. The molecule has 2 aliphatic rings. The number of nitrogens with zero attached hydrogens (tertiary/aromatic N) is 3. The fourth-order valence-corrected chi connectivity index (χ4v) is 3.67. The summed E-state index contributed by atoms with van der Waals surface area (Å²) in [5.41, 5.74) is 1.74. The van der Waals surface area contributed by atoms with E-state index in [2.05, 4.69) is 32.7 Å². The largest absolute Gasteiger partial charge is 0.495 e. The van der Waals surface area contributed by atoms with Crippen LogP contribution in [-0.4, -0.2) is 62.0 Å². The van der Waals surface area contributed by atoms with Crippen molar-refractivity contribution in [2.24, 2.45) is 4.99 Å². The fraction of sp³-hybridized carbons (Fsp3) is 0.318. The van der Waals surface area contributed by atoms with Gasteiger partial charge < -0.3 is 19.9 Å². The van der Waals surface area contributed by atoms with Gasteiger partial charge in [-0.3, -0.25) is 14.9 Å². The Kier molecular flexibility index (Phi) is 5.83. The van der Waals surface area contributed by atoms with Crippen LogP contribution in [0.2, 0.25) is 0 Å². The summed E-state index contributed by atoms with van der Waals surface area (Å²) in [4.78, 5) is 33.9. The molecule has 0 unspecified atom stereocenters. The monoisotopic (exact) mass is 407 g/mol. The molecule has 0 saturated carbocycles. The van der Waals surface area contributed by atoms with Gasteiger partial charge >= 0.3 is 0 Å². The maximum absolute atomic E-state index is 12.8. The molecule has 1 saturated heterocycles. The van der Waals surface area contributed by atoms with Crippen molar-refractivity contribution in [2.45, 2.75) is 12.5 Å². The van der Waals surface area contributed by atoms with E-state index in [-0.39, 0.29) is 18.2 Å². The first-order valence-electron chi connectivity index (χ1n) is 10.0. The first kappa shape index (κ1) is 19.8. The highest BCUT2D eigenvalue weighted by Crippen LogP contribution is 2.24. The number of aliphatic imine (C=N–C) groups is 1. The molecule has 8 nitrogen and oxygen atoms in total. The molecule has 1 fully saturated rings. The average Bonchev–Trinajstić information content (AvgIpc) is 2.79. The summed E-state index contributed by atoms with van der Waals surface area (Å²) in [6, 6.07) is 16.6. The molecular weight excluding hydrogens is 382 g/mol. The number of ether oxygens (including phenoxy) is 1. The van der Waals surface area contributed by atoms with E-state index in [4.69, 9.17) is 4.74 Å². The van der Waals surface area contributed by atoms with Crippen molar-refractivity contribution in [3.63, 3.8) is 0 Å². The van der Waals surface area contributed by atoms with Crippen LogP contribution in [0.5, 0.6) is 5.75 Å². The normalized spacial score (nSPS) is 19.0. The van der Waals surface area contributed by atoms with Gasteiger partial charge in [0.2, 0.25) is 17.8 Å². The van der Waals surface area contributed by atoms with Crippen molar-refractivity contribution in [1.82, 2.24) is 10.2 Å². The number of carbonyl (C=O) groups is 2. The van der Waals surface area contributed by atoms with Crippen LogP contribution in [0.25, 0.3) is 0 Å². The lowest BCUT2D eigenvalue weighted by molar-refractivity contribution is -0.125. The highest BCUT2D eigenvalue weighted by atomic mass is 16.5. The summed E-state index contributed by atoms with van der Waals surface area (Å²) in [6.07, 6.45) is 0.0223. The molecule has 2 aromatic rings. The van der Waals surface area contributed by atoms with Gasteiger partial charge in [0.25, 0.3) is 0 Å². The predicted octanol–water partition coefficient (Wildman–Crippen LogP) is 1.70. The molecule has 4 rings (SSSR count). The van der Waals surface area contributed by atoms with E-state index in [0.29, 0.717) is 17.4 Å². The molecule has 0 aromatic heterocycles. The molecule has 2 amide bonds. The van der Waals surface area contributed by atoms with Gasteiger partial charge in [0, 0.05) is 31.9 Å². The van der Waals surface area contributed by atoms with E-state index < -0.39 is 6.04 Å². The second-order valence-electron chi connectivity index (χ2n) is 7.22. The Hall–Kier alpha value is -3.55. The van der Waals surface area contributed by atoms with Crippen molar-refractivity contribution < 1.29 is 14.3 Å². The molecule has 0 bridgehead atoms. The molecular formula is C22H25N5O3. The van der Waals surface area contributed by atoms with Crippen LogP contribution in [0.3, 0.4) is 0 Å². The van der Waals surface area contributed by atoms with Crippen LogP contribution in [0.1, 0.15) is 6.42 Å². The van der Waals surface area contributed by atoms with Gasteiger partial charge in [-0.15, -0.1) is 0 Å². The van der Waals surface area contributed by atoms with Gasteiger partial charge in [-0.25, -0.2) is 4.99 Å². The number of anilines is 2. The molecule has 0 aliphatic carbocycles. The van der Waals surface area contributed by atoms with Crippen molar-refractivity contribution >= 4 is 29.1 Å². The van der Waals surface area contributed by atoms with E-state index in [1.807, 2.05) is 35.2 Å². The van der Waals surface area contributed by atoms with Gasteiger partial charge in [-0.2, -0.15) is 0 Å². The van der Waals surface area contributed by atoms with Gasteiger partial charge in [0.15, 0.2) is 0 Å². The number of hydrogen-bond acceptors (Lipinski definition) is 6. The van der Waals surface area contributed by atoms with Gasteiger partial charge in [0.05, 0.1) is 19.2 Å². The highest BCUT2D eigenvalue weighted by molar-refractivity contribution is 6.06. The first-order chi connectivity index (χ1) is 14.6. The molecule has 1 atom stereocenters. The number of guanidine groups is 1.